The van der Waals surface area contributed by atoms with E-state index in [1.807, 2.05) is 36.4 Å². The number of nitriles is 1. The second-order valence-electron chi connectivity index (χ2n) is 6.79. The van der Waals surface area contributed by atoms with E-state index in [9.17, 15) is 4.79 Å². The Hall–Kier alpha value is -3.08. The molecule has 0 radical (unpaired) electrons. The molecule has 2 amide bonds. The first-order valence-corrected chi connectivity index (χ1v) is 9.75. The van der Waals surface area contributed by atoms with Crippen LogP contribution in [0.25, 0.3) is 0 Å². The summed E-state index contributed by atoms with van der Waals surface area (Å²) in [6.45, 7) is 5.37. The maximum atomic E-state index is 12.1. The first-order valence-electron chi connectivity index (χ1n) is 9.75. The molecule has 29 heavy (non-hydrogen) atoms. The number of ether oxygens (including phenoxy) is 2. The second-order valence-corrected chi connectivity index (χ2v) is 6.79. The summed E-state index contributed by atoms with van der Waals surface area (Å²) in [4.78, 5) is 14.4. The summed E-state index contributed by atoms with van der Waals surface area (Å²) < 4.78 is 11.2. The minimum Gasteiger partial charge on any atom is -0.492 e. The summed E-state index contributed by atoms with van der Waals surface area (Å²) >= 11 is 0. The molecule has 7 nitrogen and oxygen atoms in total. The molecule has 152 valence electrons. The van der Waals surface area contributed by atoms with Crippen molar-refractivity contribution in [1.82, 2.24) is 10.2 Å². The molecule has 0 saturated carbocycles. The summed E-state index contributed by atoms with van der Waals surface area (Å²) in [6.07, 6.45) is 0.358. The lowest BCUT2D eigenvalue weighted by Gasteiger charge is -2.26. The standard InChI is InChI=1S/C22H26N4O3/c23-9-8-18-4-6-20(7-5-18)25-22(27)24-17-19-2-1-3-21(16-19)29-15-12-26-10-13-28-14-11-26/h1-7,16H,8,10-15,17H2,(H2,24,25,27). The predicted octanol–water partition coefficient (Wildman–Crippen LogP) is 2.79. The molecule has 2 N–H and O–H groups in total. The minimum atomic E-state index is -0.281. The fourth-order valence-electron chi connectivity index (χ4n) is 3.02. The van der Waals surface area contributed by atoms with E-state index in [4.69, 9.17) is 14.7 Å². The van der Waals surface area contributed by atoms with Crippen molar-refractivity contribution in [2.75, 3.05) is 44.8 Å². The van der Waals surface area contributed by atoms with Crippen molar-refractivity contribution < 1.29 is 14.3 Å². The normalized spacial score (nSPS) is 14.0. The summed E-state index contributed by atoms with van der Waals surface area (Å²) in [5.74, 6) is 0.797. The highest BCUT2D eigenvalue weighted by atomic mass is 16.5. The Morgan fingerprint density at radius 1 is 1.14 bits per heavy atom. The van der Waals surface area contributed by atoms with Gasteiger partial charge in [-0.15, -0.1) is 0 Å². The molecule has 0 unspecified atom stereocenters. The fraction of sp³-hybridized carbons (Fsp3) is 0.364. The number of amides is 2. The van der Waals surface area contributed by atoms with Gasteiger partial charge in [0.25, 0.3) is 0 Å². The smallest absolute Gasteiger partial charge is 0.319 e. The number of hydrogen-bond donors (Lipinski definition) is 2. The van der Waals surface area contributed by atoms with E-state index in [-0.39, 0.29) is 6.03 Å². The number of anilines is 1. The quantitative estimate of drug-likeness (QED) is 0.719. The Morgan fingerprint density at radius 2 is 1.93 bits per heavy atom. The molecule has 3 rings (SSSR count). The molecule has 2 aromatic rings. The Kier molecular flexibility index (Phi) is 7.87. The molecule has 2 aromatic carbocycles. The van der Waals surface area contributed by atoms with E-state index in [1.54, 1.807) is 12.1 Å². The molecule has 0 atom stereocenters. The average molecular weight is 394 g/mol. The van der Waals surface area contributed by atoms with Crippen molar-refractivity contribution in [3.05, 3.63) is 59.7 Å². The molecule has 1 aliphatic rings. The van der Waals surface area contributed by atoms with E-state index in [0.29, 0.717) is 25.3 Å². The molecule has 0 bridgehead atoms. The number of morpholine rings is 1. The van der Waals surface area contributed by atoms with Crippen molar-refractivity contribution in [3.63, 3.8) is 0 Å². The third-order valence-corrected chi connectivity index (χ3v) is 4.63. The van der Waals surface area contributed by atoms with Crippen LogP contribution >= 0.6 is 0 Å². The molecular formula is C22H26N4O3. The van der Waals surface area contributed by atoms with Gasteiger partial charge in [0.15, 0.2) is 0 Å². The Morgan fingerprint density at radius 3 is 2.69 bits per heavy atom. The Balaban J connectivity index is 1.41. The van der Waals surface area contributed by atoms with Crippen LogP contribution in [0.4, 0.5) is 10.5 Å². The predicted molar refractivity (Wildman–Crippen MR) is 111 cm³/mol. The minimum absolute atomic E-state index is 0.281. The fourth-order valence-corrected chi connectivity index (χ4v) is 3.02. The van der Waals surface area contributed by atoms with Crippen molar-refractivity contribution >= 4 is 11.7 Å². The van der Waals surface area contributed by atoms with E-state index < -0.39 is 0 Å². The zero-order valence-corrected chi connectivity index (χ0v) is 16.4. The number of hydrogen-bond acceptors (Lipinski definition) is 5. The zero-order chi connectivity index (χ0) is 20.3. The van der Waals surface area contributed by atoms with Crippen LogP contribution in [0.15, 0.2) is 48.5 Å². The highest BCUT2D eigenvalue weighted by Gasteiger charge is 2.10. The van der Waals surface area contributed by atoms with Gasteiger partial charge in [-0.25, -0.2) is 4.79 Å². The van der Waals surface area contributed by atoms with Gasteiger partial charge in [-0.3, -0.25) is 4.90 Å². The lowest BCUT2D eigenvalue weighted by atomic mass is 10.1. The highest BCUT2D eigenvalue weighted by Crippen LogP contribution is 2.14. The number of nitrogens with one attached hydrogen (secondary N) is 2. The van der Waals surface area contributed by atoms with E-state index >= 15 is 0 Å². The number of rotatable bonds is 8. The Bertz CT molecular complexity index is 827. The van der Waals surface area contributed by atoms with Crippen LogP contribution in [0, 0.1) is 11.3 Å². The molecule has 0 spiro atoms. The van der Waals surface area contributed by atoms with Gasteiger partial charge >= 0.3 is 6.03 Å². The third kappa shape index (κ3) is 7.11. The number of carbonyl (C=O) groups is 1. The molecule has 0 aliphatic carbocycles. The summed E-state index contributed by atoms with van der Waals surface area (Å²) in [7, 11) is 0. The van der Waals surface area contributed by atoms with Gasteiger partial charge in [0.1, 0.15) is 12.4 Å². The number of carbonyl (C=O) groups excluding carboxylic acids is 1. The first kappa shape index (κ1) is 20.6. The topological polar surface area (TPSA) is 86.6 Å². The van der Waals surface area contributed by atoms with Gasteiger partial charge in [0.2, 0.25) is 0 Å². The van der Waals surface area contributed by atoms with Gasteiger partial charge in [-0.05, 0) is 35.4 Å². The number of nitrogens with zero attached hydrogens (tertiary/aromatic N) is 2. The lowest BCUT2D eigenvalue weighted by Crippen LogP contribution is -2.38. The van der Waals surface area contributed by atoms with Gasteiger partial charge < -0.3 is 20.1 Å². The molecule has 1 aliphatic heterocycles. The van der Waals surface area contributed by atoms with Crippen LogP contribution in [0.3, 0.4) is 0 Å². The van der Waals surface area contributed by atoms with Crippen LogP contribution in [0.1, 0.15) is 11.1 Å². The first-order chi connectivity index (χ1) is 14.2. The average Bonchev–Trinajstić information content (AvgIpc) is 2.75. The van der Waals surface area contributed by atoms with E-state index in [1.165, 1.54) is 0 Å². The van der Waals surface area contributed by atoms with Crippen LogP contribution in [-0.2, 0) is 17.7 Å². The van der Waals surface area contributed by atoms with Crippen molar-refractivity contribution in [3.8, 4) is 11.8 Å². The van der Waals surface area contributed by atoms with Crippen LogP contribution < -0.4 is 15.4 Å². The Labute approximate surface area is 171 Å². The van der Waals surface area contributed by atoms with E-state index in [2.05, 4.69) is 21.6 Å². The molecular weight excluding hydrogens is 368 g/mol. The summed E-state index contributed by atoms with van der Waals surface area (Å²) in [6, 6.07) is 16.8. The van der Waals surface area contributed by atoms with Gasteiger partial charge in [0.05, 0.1) is 25.7 Å². The number of benzene rings is 2. The van der Waals surface area contributed by atoms with Crippen molar-refractivity contribution in [1.29, 1.82) is 5.26 Å². The third-order valence-electron chi connectivity index (χ3n) is 4.63. The molecule has 1 saturated heterocycles. The maximum absolute atomic E-state index is 12.1. The second kappa shape index (κ2) is 11.1. The zero-order valence-electron chi connectivity index (χ0n) is 16.4. The van der Waals surface area contributed by atoms with Crippen LogP contribution in [-0.4, -0.2) is 50.4 Å². The molecule has 7 heteroatoms. The summed E-state index contributed by atoms with van der Waals surface area (Å²) in [5.41, 5.74) is 2.57. The monoisotopic (exact) mass is 394 g/mol. The largest absolute Gasteiger partial charge is 0.492 e. The summed E-state index contributed by atoms with van der Waals surface area (Å²) in [5, 5.41) is 14.3. The van der Waals surface area contributed by atoms with Gasteiger partial charge in [-0.1, -0.05) is 24.3 Å². The SMILES string of the molecule is N#CCc1ccc(NC(=O)NCc2cccc(OCCN3CCOCC3)c2)cc1. The van der Waals surface area contributed by atoms with Crippen molar-refractivity contribution in [2.45, 2.75) is 13.0 Å². The van der Waals surface area contributed by atoms with Crippen molar-refractivity contribution in [2.24, 2.45) is 0 Å². The molecule has 1 fully saturated rings. The molecule has 1 heterocycles. The molecule has 0 aromatic heterocycles. The van der Waals surface area contributed by atoms with Crippen LogP contribution in [0.5, 0.6) is 5.75 Å². The van der Waals surface area contributed by atoms with Gasteiger partial charge in [0, 0.05) is 31.9 Å². The van der Waals surface area contributed by atoms with Gasteiger partial charge in [-0.2, -0.15) is 5.26 Å². The number of urea groups is 1. The lowest BCUT2D eigenvalue weighted by molar-refractivity contribution is 0.0322. The highest BCUT2D eigenvalue weighted by molar-refractivity contribution is 5.89. The van der Waals surface area contributed by atoms with E-state index in [0.717, 1.165) is 49.7 Å². The maximum Gasteiger partial charge on any atom is 0.319 e. The van der Waals surface area contributed by atoms with Crippen LogP contribution in [0.2, 0.25) is 0 Å².